The van der Waals surface area contributed by atoms with Gasteiger partial charge in [-0.15, -0.1) is 0 Å². The van der Waals surface area contributed by atoms with Crippen molar-refractivity contribution >= 4 is 0 Å². The van der Waals surface area contributed by atoms with Gasteiger partial charge in [0.25, 0.3) is 0 Å². The summed E-state index contributed by atoms with van der Waals surface area (Å²) < 4.78 is 0. The van der Waals surface area contributed by atoms with Crippen molar-refractivity contribution in [3.05, 3.63) is 35.9 Å². The molecule has 2 unspecified atom stereocenters. The summed E-state index contributed by atoms with van der Waals surface area (Å²) in [5.74, 6) is 0.799. The molecule has 0 amide bonds. The second-order valence-electron chi connectivity index (χ2n) is 6.01. The zero-order valence-corrected chi connectivity index (χ0v) is 10.7. The third kappa shape index (κ3) is 2.65. The van der Waals surface area contributed by atoms with Gasteiger partial charge in [0.1, 0.15) is 0 Å². The second-order valence-corrected chi connectivity index (χ2v) is 6.01. The molecule has 0 aliphatic carbocycles. The van der Waals surface area contributed by atoms with Crippen LogP contribution in [0.3, 0.4) is 0 Å². The van der Waals surface area contributed by atoms with Gasteiger partial charge in [0.2, 0.25) is 0 Å². The van der Waals surface area contributed by atoms with Crippen molar-refractivity contribution in [1.82, 2.24) is 5.32 Å². The second kappa shape index (κ2) is 4.58. The first-order valence-electron chi connectivity index (χ1n) is 6.34. The Labute approximate surface area is 99.3 Å². The highest BCUT2D eigenvalue weighted by Crippen LogP contribution is 2.35. The summed E-state index contributed by atoms with van der Waals surface area (Å²) in [6.07, 6.45) is 2.49. The van der Waals surface area contributed by atoms with E-state index in [2.05, 4.69) is 56.4 Å². The summed E-state index contributed by atoms with van der Waals surface area (Å²) in [4.78, 5) is 0. The van der Waals surface area contributed by atoms with E-state index >= 15 is 0 Å². The monoisotopic (exact) mass is 217 g/mol. The lowest BCUT2D eigenvalue weighted by Crippen LogP contribution is -2.35. The van der Waals surface area contributed by atoms with Gasteiger partial charge in [-0.05, 0) is 36.3 Å². The van der Waals surface area contributed by atoms with E-state index < -0.39 is 0 Å². The summed E-state index contributed by atoms with van der Waals surface area (Å²) >= 11 is 0. The lowest BCUT2D eigenvalue weighted by molar-refractivity contribution is 0.216. The van der Waals surface area contributed by atoms with Gasteiger partial charge in [-0.1, -0.05) is 51.1 Å². The van der Waals surface area contributed by atoms with Crippen LogP contribution in [0, 0.1) is 11.3 Å². The van der Waals surface area contributed by atoms with Gasteiger partial charge in [0.15, 0.2) is 0 Å². The molecule has 0 aromatic heterocycles. The molecular weight excluding hydrogens is 194 g/mol. The van der Waals surface area contributed by atoms with Crippen molar-refractivity contribution in [2.75, 3.05) is 6.54 Å². The van der Waals surface area contributed by atoms with Crippen LogP contribution in [-0.2, 0) is 6.42 Å². The van der Waals surface area contributed by atoms with Crippen molar-refractivity contribution in [2.45, 2.75) is 39.7 Å². The quantitative estimate of drug-likeness (QED) is 0.802. The fraction of sp³-hybridized carbons (Fsp3) is 0.600. The average Bonchev–Trinajstić information content (AvgIpc) is 2.67. The zero-order chi connectivity index (χ0) is 11.6. The predicted molar refractivity (Wildman–Crippen MR) is 69.5 cm³/mol. The SMILES string of the molecule is CC(C)(C)C1CCNC1Cc1ccccc1. The van der Waals surface area contributed by atoms with Crippen LogP contribution in [-0.4, -0.2) is 12.6 Å². The summed E-state index contributed by atoms with van der Waals surface area (Å²) in [7, 11) is 0. The van der Waals surface area contributed by atoms with Gasteiger partial charge < -0.3 is 5.32 Å². The molecule has 2 atom stereocenters. The van der Waals surface area contributed by atoms with Crippen molar-refractivity contribution in [3.8, 4) is 0 Å². The minimum absolute atomic E-state index is 0.420. The largest absolute Gasteiger partial charge is 0.313 e. The Morgan fingerprint density at radius 2 is 1.88 bits per heavy atom. The number of hydrogen-bond donors (Lipinski definition) is 1. The molecule has 1 fully saturated rings. The summed E-state index contributed by atoms with van der Waals surface area (Å²) in [5.41, 5.74) is 1.87. The van der Waals surface area contributed by atoms with Gasteiger partial charge >= 0.3 is 0 Å². The van der Waals surface area contributed by atoms with Crippen LogP contribution in [0.25, 0.3) is 0 Å². The lowest BCUT2D eigenvalue weighted by atomic mass is 9.75. The molecule has 0 saturated carbocycles. The average molecular weight is 217 g/mol. The Hall–Kier alpha value is -0.820. The van der Waals surface area contributed by atoms with E-state index in [1.807, 2.05) is 0 Å². The molecule has 88 valence electrons. The molecule has 1 aromatic rings. The van der Waals surface area contributed by atoms with E-state index in [0.717, 1.165) is 5.92 Å². The predicted octanol–water partition coefficient (Wildman–Crippen LogP) is 3.25. The number of rotatable bonds is 2. The summed E-state index contributed by atoms with van der Waals surface area (Å²) in [6.45, 7) is 8.27. The number of benzene rings is 1. The maximum Gasteiger partial charge on any atom is 0.0141 e. The van der Waals surface area contributed by atoms with Crippen molar-refractivity contribution < 1.29 is 0 Å². The van der Waals surface area contributed by atoms with E-state index in [9.17, 15) is 0 Å². The summed E-state index contributed by atoms with van der Waals surface area (Å²) in [5, 5.41) is 3.66. The van der Waals surface area contributed by atoms with Crippen molar-refractivity contribution in [2.24, 2.45) is 11.3 Å². The molecule has 1 N–H and O–H groups in total. The fourth-order valence-corrected chi connectivity index (χ4v) is 2.89. The Morgan fingerprint density at radius 3 is 2.50 bits per heavy atom. The molecule has 16 heavy (non-hydrogen) atoms. The minimum atomic E-state index is 0.420. The van der Waals surface area contributed by atoms with Crippen molar-refractivity contribution in [3.63, 3.8) is 0 Å². The van der Waals surface area contributed by atoms with Crippen LogP contribution >= 0.6 is 0 Å². The third-order valence-electron chi connectivity index (χ3n) is 3.76. The maximum atomic E-state index is 3.66. The third-order valence-corrected chi connectivity index (χ3v) is 3.76. The van der Waals surface area contributed by atoms with Crippen molar-refractivity contribution in [1.29, 1.82) is 0 Å². The fourth-order valence-electron chi connectivity index (χ4n) is 2.89. The number of nitrogens with one attached hydrogen (secondary N) is 1. The van der Waals surface area contributed by atoms with Crippen LogP contribution in [0.5, 0.6) is 0 Å². The first kappa shape index (κ1) is 11.7. The molecule has 1 aliphatic heterocycles. The molecule has 1 heteroatoms. The normalized spacial score (nSPS) is 25.9. The van der Waals surface area contributed by atoms with Crippen LogP contribution in [0.4, 0.5) is 0 Å². The molecule has 0 bridgehead atoms. The van der Waals surface area contributed by atoms with E-state index in [0.29, 0.717) is 11.5 Å². The Kier molecular flexibility index (Phi) is 3.34. The topological polar surface area (TPSA) is 12.0 Å². The van der Waals surface area contributed by atoms with Gasteiger partial charge in [-0.25, -0.2) is 0 Å². The highest BCUT2D eigenvalue weighted by atomic mass is 15.0. The number of hydrogen-bond acceptors (Lipinski definition) is 1. The van der Waals surface area contributed by atoms with Gasteiger partial charge in [0, 0.05) is 6.04 Å². The molecular formula is C15H23N. The standard InChI is InChI=1S/C15H23N/c1-15(2,3)13-9-10-16-14(13)11-12-7-5-4-6-8-12/h4-8,13-14,16H,9-11H2,1-3H3. The van der Waals surface area contributed by atoms with Gasteiger partial charge in [-0.3, -0.25) is 0 Å². The molecule has 1 aliphatic rings. The first-order valence-corrected chi connectivity index (χ1v) is 6.34. The molecule has 2 rings (SSSR count). The first-order chi connectivity index (χ1) is 7.57. The molecule has 0 radical (unpaired) electrons. The van der Waals surface area contributed by atoms with Gasteiger partial charge in [-0.2, -0.15) is 0 Å². The van der Waals surface area contributed by atoms with Gasteiger partial charge in [0.05, 0.1) is 0 Å². The highest BCUT2D eigenvalue weighted by molar-refractivity contribution is 5.16. The Morgan fingerprint density at radius 1 is 1.19 bits per heavy atom. The highest BCUT2D eigenvalue weighted by Gasteiger charge is 2.35. The summed E-state index contributed by atoms with van der Waals surface area (Å²) in [6, 6.07) is 11.5. The lowest BCUT2D eigenvalue weighted by Gasteiger charge is -2.32. The van der Waals surface area contributed by atoms with E-state index in [1.54, 1.807) is 0 Å². The molecule has 1 nitrogen and oxygen atoms in total. The van der Waals surface area contributed by atoms with Crippen LogP contribution in [0.1, 0.15) is 32.8 Å². The van der Waals surface area contributed by atoms with Crippen LogP contribution in [0.2, 0.25) is 0 Å². The van der Waals surface area contributed by atoms with E-state index in [1.165, 1.54) is 24.9 Å². The molecule has 0 spiro atoms. The molecule has 1 saturated heterocycles. The van der Waals surface area contributed by atoms with E-state index in [4.69, 9.17) is 0 Å². The smallest absolute Gasteiger partial charge is 0.0141 e. The minimum Gasteiger partial charge on any atom is -0.313 e. The van der Waals surface area contributed by atoms with Crippen LogP contribution in [0.15, 0.2) is 30.3 Å². The molecule has 1 aromatic carbocycles. The van der Waals surface area contributed by atoms with Crippen LogP contribution < -0.4 is 5.32 Å². The molecule has 1 heterocycles. The Bertz CT molecular complexity index is 323. The maximum absolute atomic E-state index is 3.66. The Balaban J connectivity index is 2.05. The van der Waals surface area contributed by atoms with E-state index in [-0.39, 0.29) is 0 Å². The zero-order valence-electron chi connectivity index (χ0n) is 10.7.